The van der Waals surface area contributed by atoms with Gasteiger partial charge in [-0.25, -0.2) is 4.98 Å². The van der Waals surface area contributed by atoms with Crippen LogP contribution in [0.25, 0.3) is 11.3 Å². The summed E-state index contributed by atoms with van der Waals surface area (Å²) < 4.78 is 5.75. The monoisotopic (exact) mass is 483 g/mol. The Labute approximate surface area is 196 Å². The van der Waals surface area contributed by atoms with Crippen LogP contribution >= 0.6 is 34.4 Å². The van der Waals surface area contributed by atoms with E-state index in [9.17, 15) is 9.59 Å². The summed E-state index contributed by atoms with van der Waals surface area (Å²) in [5.74, 6) is 0.468. The van der Waals surface area contributed by atoms with Crippen LogP contribution in [0.15, 0.2) is 64.3 Å². The quantitative estimate of drug-likeness (QED) is 0.277. The molecule has 4 rings (SSSR count). The van der Waals surface area contributed by atoms with Crippen LogP contribution in [0.5, 0.6) is 5.75 Å². The van der Waals surface area contributed by atoms with E-state index in [1.165, 1.54) is 34.4 Å². The minimum atomic E-state index is -0.257. The molecule has 2 amide bonds. The lowest BCUT2D eigenvalue weighted by atomic mass is 10.2. The van der Waals surface area contributed by atoms with Gasteiger partial charge in [-0.15, -0.1) is 21.5 Å². The molecule has 0 aliphatic rings. The van der Waals surface area contributed by atoms with Gasteiger partial charge < -0.3 is 10.1 Å². The Morgan fingerprint density at radius 1 is 1.00 bits per heavy atom. The number of thioether (sulfide) groups is 1. The molecule has 2 heterocycles. The molecule has 0 radical (unpaired) electrons. The molecule has 0 bridgehead atoms. The van der Waals surface area contributed by atoms with E-state index in [-0.39, 0.29) is 17.6 Å². The van der Waals surface area contributed by atoms with Gasteiger partial charge in [0.25, 0.3) is 5.91 Å². The lowest BCUT2D eigenvalue weighted by Crippen LogP contribution is -2.13. The number of hydrogen-bond donors (Lipinski definition) is 2. The fourth-order valence-corrected chi connectivity index (χ4v) is 4.87. The smallest absolute Gasteiger partial charge is 0.257 e. The first kappa shape index (κ1) is 21.9. The largest absolute Gasteiger partial charge is 0.497 e. The third-order valence-electron chi connectivity index (χ3n) is 4.13. The summed E-state index contributed by atoms with van der Waals surface area (Å²) >= 11 is 3.81. The predicted molar refractivity (Wildman–Crippen MR) is 128 cm³/mol. The van der Waals surface area contributed by atoms with Gasteiger partial charge >= 0.3 is 0 Å². The number of thiazole rings is 1. The Kier molecular flexibility index (Phi) is 7.10. The normalized spacial score (nSPS) is 10.5. The van der Waals surface area contributed by atoms with Crippen LogP contribution in [0.1, 0.15) is 10.4 Å². The molecule has 4 aromatic rings. The van der Waals surface area contributed by atoms with Crippen molar-refractivity contribution in [3.8, 4) is 17.0 Å². The Hall–Kier alpha value is -3.28. The molecular formula is C21H17N5O3S3. The van der Waals surface area contributed by atoms with E-state index in [0.29, 0.717) is 20.2 Å². The highest BCUT2D eigenvalue weighted by molar-refractivity contribution is 8.01. The molecule has 0 saturated heterocycles. The first-order valence-corrected chi connectivity index (χ1v) is 12.0. The summed E-state index contributed by atoms with van der Waals surface area (Å²) in [6.07, 6.45) is 0. The highest BCUT2D eigenvalue weighted by atomic mass is 32.2. The van der Waals surface area contributed by atoms with Gasteiger partial charge in [0.2, 0.25) is 11.0 Å². The van der Waals surface area contributed by atoms with Crippen LogP contribution in [0, 0.1) is 0 Å². The van der Waals surface area contributed by atoms with Crippen LogP contribution in [-0.2, 0) is 4.79 Å². The second-order valence-electron chi connectivity index (χ2n) is 6.30. The molecule has 32 heavy (non-hydrogen) atoms. The number of carbonyl (C=O) groups is 2. The maximum absolute atomic E-state index is 12.3. The van der Waals surface area contributed by atoms with Crippen LogP contribution in [0.2, 0.25) is 0 Å². The van der Waals surface area contributed by atoms with Crippen molar-refractivity contribution < 1.29 is 14.3 Å². The van der Waals surface area contributed by atoms with Crippen LogP contribution in [0.3, 0.4) is 0 Å². The highest BCUT2D eigenvalue weighted by Crippen LogP contribution is 2.28. The fraction of sp³-hybridized carbons (Fsp3) is 0.0952. The van der Waals surface area contributed by atoms with Crippen molar-refractivity contribution in [3.63, 3.8) is 0 Å². The van der Waals surface area contributed by atoms with Crippen molar-refractivity contribution in [2.45, 2.75) is 4.34 Å². The molecule has 0 aliphatic carbocycles. The van der Waals surface area contributed by atoms with Gasteiger partial charge in [0.05, 0.1) is 18.6 Å². The molecule has 0 unspecified atom stereocenters. The summed E-state index contributed by atoms with van der Waals surface area (Å²) in [4.78, 5) is 28.9. The van der Waals surface area contributed by atoms with Gasteiger partial charge in [-0.05, 0) is 36.4 Å². The summed E-state index contributed by atoms with van der Waals surface area (Å²) in [6, 6.07) is 16.4. The molecule has 162 valence electrons. The minimum Gasteiger partial charge on any atom is -0.497 e. The zero-order chi connectivity index (χ0) is 22.3. The maximum atomic E-state index is 12.3. The highest BCUT2D eigenvalue weighted by Gasteiger charge is 2.13. The second-order valence-corrected chi connectivity index (χ2v) is 9.35. The molecule has 0 spiro atoms. The summed E-state index contributed by atoms with van der Waals surface area (Å²) in [6.45, 7) is 0. The van der Waals surface area contributed by atoms with Crippen LogP contribution < -0.4 is 15.4 Å². The SMILES string of the molecule is COc1ccc(-c2csc(NC(=O)CSc3nnc(NC(=O)c4ccccc4)s3)n2)cc1. The van der Waals surface area contributed by atoms with Gasteiger partial charge in [-0.2, -0.15) is 0 Å². The van der Waals surface area contributed by atoms with Crippen molar-refractivity contribution in [1.29, 1.82) is 0 Å². The van der Waals surface area contributed by atoms with E-state index in [4.69, 9.17) is 4.74 Å². The fourth-order valence-electron chi connectivity index (χ4n) is 2.59. The molecule has 0 saturated carbocycles. The Bertz CT molecular complexity index is 1210. The predicted octanol–water partition coefficient (Wildman–Crippen LogP) is 4.65. The average Bonchev–Trinajstić information content (AvgIpc) is 3.48. The number of anilines is 2. The Morgan fingerprint density at radius 3 is 2.53 bits per heavy atom. The lowest BCUT2D eigenvalue weighted by molar-refractivity contribution is -0.113. The molecule has 11 heteroatoms. The van der Waals surface area contributed by atoms with Crippen molar-refractivity contribution >= 4 is 56.5 Å². The zero-order valence-electron chi connectivity index (χ0n) is 16.8. The van der Waals surface area contributed by atoms with Crippen molar-refractivity contribution in [2.75, 3.05) is 23.5 Å². The third kappa shape index (κ3) is 5.69. The van der Waals surface area contributed by atoms with E-state index in [1.54, 1.807) is 31.4 Å². The van der Waals surface area contributed by atoms with Crippen LogP contribution in [-0.4, -0.2) is 39.9 Å². The molecule has 0 fully saturated rings. The number of benzene rings is 2. The van der Waals surface area contributed by atoms with E-state index >= 15 is 0 Å². The maximum Gasteiger partial charge on any atom is 0.257 e. The first-order valence-electron chi connectivity index (χ1n) is 9.33. The van der Waals surface area contributed by atoms with Crippen molar-refractivity contribution in [1.82, 2.24) is 15.2 Å². The number of ether oxygens (including phenoxy) is 1. The number of amides is 2. The molecule has 0 atom stereocenters. The number of methoxy groups -OCH3 is 1. The number of nitrogens with one attached hydrogen (secondary N) is 2. The number of carbonyl (C=O) groups excluding carboxylic acids is 2. The Balaban J connectivity index is 1.27. The standard InChI is InChI=1S/C21H17N5O3S3/c1-29-15-9-7-13(8-10-15)16-11-30-19(22-16)23-17(27)12-31-21-26-25-20(32-21)24-18(28)14-5-3-2-4-6-14/h2-11H,12H2,1H3,(H,22,23,27)(H,24,25,28). The molecule has 8 nitrogen and oxygen atoms in total. The summed E-state index contributed by atoms with van der Waals surface area (Å²) in [5, 5.41) is 16.3. The van der Waals surface area contributed by atoms with E-state index in [1.807, 2.05) is 35.7 Å². The van der Waals surface area contributed by atoms with Gasteiger partial charge in [-0.3, -0.25) is 14.9 Å². The number of rotatable bonds is 8. The van der Waals surface area contributed by atoms with Gasteiger partial charge in [0.15, 0.2) is 9.47 Å². The zero-order valence-corrected chi connectivity index (χ0v) is 19.2. The van der Waals surface area contributed by atoms with E-state index in [2.05, 4.69) is 25.8 Å². The van der Waals surface area contributed by atoms with Gasteiger partial charge in [-0.1, -0.05) is 41.3 Å². The van der Waals surface area contributed by atoms with Gasteiger partial charge in [0.1, 0.15) is 5.75 Å². The van der Waals surface area contributed by atoms with Crippen molar-refractivity contribution in [3.05, 3.63) is 65.5 Å². The summed E-state index contributed by atoms with van der Waals surface area (Å²) in [5.41, 5.74) is 2.26. The van der Waals surface area contributed by atoms with Crippen molar-refractivity contribution in [2.24, 2.45) is 0 Å². The van der Waals surface area contributed by atoms with E-state index in [0.717, 1.165) is 17.0 Å². The molecule has 2 aromatic carbocycles. The van der Waals surface area contributed by atoms with Gasteiger partial charge in [0, 0.05) is 16.5 Å². The van der Waals surface area contributed by atoms with E-state index < -0.39 is 0 Å². The first-order chi connectivity index (χ1) is 15.6. The average molecular weight is 484 g/mol. The molecule has 2 N–H and O–H groups in total. The third-order valence-corrected chi connectivity index (χ3v) is 6.86. The molecule has 2 aromatic heterocycles. The minimum absolute atomic E-state index is 0.152. The van der Waals surface area contributed by atoms with Crippen LogP contribution in [0.4, 0.5) is 10.3 Å². The number of nitrogens with zero attached hydrogens (tertiary/aromatic N) is 3. The number of hydrogen-bond acceptors (Lipinski definition) is 9. The topological polar surface area (TPSA) is 106 Å². The number of aromatic nitrogens is 3. The Morgan fingerprint density at radius 2 is 1.78 bits per heavy atom. The lowest BCUT2D eigenvalue weighted by Gasteiger charge is -2.01. The summed E-state index contributed by atoms with van der Waals surface area (Å²) in [7, 11) is 1.62. The second kappa shape index (κ2) is 10.4. The molecule has 0 aliphatic heterocycles. The molecular weight excluding hydrogens is 466 g/mol.